The minimum Gasteiger partial charge on any atom is -0.478 e. The van der Waals surface area contributed by atoms with Gasteiger partial charge in [0, 0.05) is 5.02 Å². The number of rotatable bonds is 4. The Hall–Kier alpha value is -1.59. The number of nitrogens with two attached hydrogens (primary N) is 1. The van der Waals surface area contributed by atoms with E-state index in [1.54, 1.807) is 0 Å². The molecule has 0 saturated carbocycles. The maximum atomic E-state index is 11.8. The van der Waals surface area contributed by atoms with Crippen molar-refractivity contribution in [3.63, 3.8) is 0 Å². The maximum Gasteiger partial charge on any atom is 0.337 e. The number of hydrogen-bond acceptors (Lipinski definition) is 3. The van der Waals surface area contributed by atoms with Gasteiger partial charge in [-0.15, -0.1) is 0 Å². The van der Waals surface area contributed by atoms with Gasteiger partial charge >= 0.3 is 5.97 Å². The Kier molecular flexibility index (Phi) is 4.69. The van der Waals surface area contributed by atoms with Crippen molar-refractivity contribution in [3.05, 3.63) is 28.8 Å². The van der Waals surface area contributed by atoms with Crippen LogP contribution < -0.4 is 11.1 Å². The van der Waals surface area contributed by atoms with Crippen LogP contribution >= 0.6 is 11.6 Å². The molecule has 0 aliphatic carbocycles. The first-order valence-electron chi connectivity index (χ1n) is 5.42. The second-order valence-corrected chi connectivity index (χ2v) is 4.69. The molecule has 1 atom stereocenters. The first kappa shape index (κ1) is 14.5. The van der Waals surface area contributed by atoms with Crippen LogP contribution in [0.4, 0.5) is 5.69 Å². The highest BCUT2D eigenvalue weighted by Gasteiger charge is 2.19. The summed E-state index contributed by atoms with van der Waals surface area (Å²) in [6.45, 7) is 3.62. The topological polar surface area (TPSA) is 92.4 Å². The monoisotopic (exact) mass is 270 g/mol. The molecule has 1 aromatic rings. The average Bonchev–Trinajstić information content (AvgIpc) is 2.29. The summed E-state index contributed by atoms with van der Waals surface area (Å²) in [7, 11) is 0. The summed E-state index contributed by atoms with van der Waals surface area (Å²) in [6, 6.07) is 3.53. The molecular formula is C12H15ClN2O3. The largest absolute Gasteiger partial charge is 0.478 e. The predicted octanol–water partition coefficient (Wildman–Crippen LogP) is 1.96. The number of amides is 1. The molecular weight excluding hydrogens is 256 g/mol. The highest BCUT2D eigenvalue weighted by atomic mass is 35.5. The van der Waals surface area contributed by atoms with Crippen molar-refractivity contribution in [1.82, 2.24) is 0 Å². The van der Waals surface area contributed by atoms with Gasteiger partial charge in [0.05, 0.1) is 17.3 Å². The molecule has 4 N–H and O–H groups in total. The second-order valence-electron chi connectivity index (χ2n) is 4.25. The number of benzene rings is 1. The summed E-state index contributed by atoms with van der Waals surface area (Å²) in [4.78, 5) is 22.8. The van der Waals surface area contributed by atoms with E-state index in [-0.39, 0.29) is 17.2 Å². The Morgan fingerprint density at radius 2 is 2.00 bits per heavy atom. The standard InChI is InChI=1S/C12H15ClN2O3/c1-6(2)10(14)11(16)15-9-4-3-7(13)5-8(9)12(17)18/h3-6,10H,14H2,1-2H3,(H,15,16)(H,17,18). The van der Waals surface area contributed by atoms with E-state index in [4.69, 9.17) is 22.4 Å². The fourth-order valence-electron chi connectivity index (χ4n) is 1.32. The summed E-state index contributed by atoms with van der Waals surface area (Å²) < 4.78 is 0. The number of nitrogens with one attached hydrogen (secondary N) is 1. The number of hydrogen-bond donors (Lipinski definition) is 3. The lowest BCUT2D eigenvalue weighted by atomic mass is 10.0. The molecule has 0 fully saturated rings. The van der Waals surface area contributed by atoms with Crippen molar-refractivity contribution in [3.8, 4) is 0 Å². The maximum absolute atomic E-state index is 11.8. The van der Waals surface area contributed by atoms with Gasteiger partial charge in [0.1, 0.15) is 0 Å². The summed E-state index contributed by atoms with van der Waals surface area (Å²) in [5, 5.41) is 11.8. The van der Waals surface area contributed by atoms with Crippen molar-refractivity contribution in [2.75, 3.05) is 5.32 Å². The number of carboxylic acids is 1. The normalized spacial score (nSPS) is 12.3. The molecule has 1 unspecified atom stereocenters. The molecule has 98 valence electrons. The van der Waals surface area contributed by atoms with Gasteiger partial charge in [-0.2, -0.15) is 0 Å². The minimum absolute atomic E-state index is 0.0365. The fraction of sp³-hybridized carbons (Fsp3) is 0.333. The lowest BCUT2D eigenvalue weighted by molar-refractivity contribution is -0.118. The lowest BCUT2D eigenvalue weighted by Crippen LogP contribution is -2.40. The van der Waals surface area contributed by atoms with Gasteiger partial charge in [0.25, 0.3) is 0 Å². The van der Waals surface area contributed by atoms with Crippen LogP contribution in [0.5, 0.6) is 0 Å². The molecule has 0 aromatic heterocycles. The molecule has 0 radical (unpaired) electrons. The Morgan fingerprint density at radius 3 is 2.50 bits per heavy atom. The van der Waals surface area contributed by atoms with Crippen LogP contribution in [0.3, 0.4) is 0 Å². The molecule has 0 spiro atoms. The molecule has 18 heavy (non-hydrogen) atoms. The van der Waals surface area contributed by atoms with Gasteiger partial charge in [0.2, 0.25) is 5.91 Å². The third-order valence-corrected chi connectivity index (χ3v) is 2.73. The van der Waals surface area contributed by atoms with E-state index in [1.165, 1.54) is 18.2 Å². The number of anilines is 1. The van der Waals surface area contributed by atoms with Gasteiger partial charge in [-0.1, -0.05) is 25.4 Å². The van der Waals surface area contributed by atoms with E-state index in [2.05, 4.69) is 5.32 Å². The SMILES string of the molecule is CC(C)C(N)C(=O)Nc1ccc(Cl)cc1C(=O)O. The van der Waals surface area contributed by atoms with Gasteiger partial charge in [-0.05, 0) is 24.1 Å². The van der Waals surface area contributed by atoms with Crippen LogP contribution in [0.2, 0.25) is 5.02 Å². The molecule has 5 nitrogen and oxygen atoms in total. The number of carbonyl (C=O) groups excluding carboxylic acids is 1. The fourth-order valence-corrected chi connectivity index (χ4v) is 1.49. The van der Waals surface area contributed by atoms with Crippen LogP contribution in [-0.2, 0) is 4.79 Å². The highest BCUT2D eigenvalue weighted by molar-refractivity contribution is 6.31. The van der Waals surface area contributed by atoms with Crippen molar-refractivity contribution < 1.29 is 14.7 Å². The van der Waals surface area contributed by atoms with Crippen molar-refractivity contribution in [2.45, 2.75) is 19.9 Å². The first-order valence-corrected chi connectivity index (χ1v) is 5.80. The zero-order chi connectivity index (χ0) is 13.9. The van der Waals surface area contributed by atoms with E-state index in [1.807, 2.05) is 13.8 Å². The third kappa shape index (κ3) is 3.45. The van der Waals surface area contributed by atoms with E-state index >= 15 is 0 Å². The second kappa shape index (κ2) is 5.84. The third-order valence-electron chi connectivity index (χ3n) is 2.49. The summed E-state index contributed by atoms with van der Waals surface area (Å²) in [5.74, 6) is -1.62. The molecule has 0 bridgehead atoms. The number of carbonyl (C=O) groups is 2. The van der Waals surface area contributed by atoms with Gasteiger partial charge in [-0.25, -0.2) is 4.79 Å². The predicted molar refractivity (Wildman–Crippen MR) is 69.9 cm³/mol. The Bertz CT molecular complexity index is 474. The van der Waals surface area contributed by atoms with Crippen LogP contribution in [0.25, 0.3) is 0 Å². The molecule has 0 heterocycles. The average molecular weight is 271 g/mol. The highest BCUT2D eigenvalue weighted by Crippen LogP contribution is 2.21. The van der Waals surface area contributed by atoms with Crippen LogP contribution in [0.15, 0.2) is 18.2 Å². The Morgan fingerprint density at radius 1 is 1.39 bits per heavy atom. The Balaban J connectivity index is 2.98. The molecule has 6 heteroatoms. The summed E-state index contributed by atoms with van der Waals surface area (Å²) in [5.41, 5.74) is 5.80. The number of aromatic carboxylic acids is 1. The van der Waals surface area contributed by atoms with E-state index in [0.717, 1.165) is 0 Å². The smallest absolute Gasteiger partial charge is 0.337 e. The van der Waals surface area contributed by atoms with Crippen LogP contribution in [-0.4, -0.2) is 23.0 Å². The van der Waals surface area contributed by atoms with Gasteiger partial charge in [-0.3, -0.25) is 4.79 Å². The molecule has 1 amide bonds. The number of halogens is 1. The van der Waals surface area contributed by atoms with E-state index < -0.39 is 17.9 Å². The lowest BCUT2D eigenvalue weighted by Gasteiger charge is -2.16. The quantitative estimate of drug-likeness (QED) is 0.780. The van der Waals surface area contributed by atoms with Crippen molar-refractivity contribution in [2.24, 2.45) is 11.7 Å². The zero-order valence-electron chi connectivity index (χ0n) is 10.1. The summed E-state index contributed by atoms with van der Waals surface area (Å²) in [6.07, 6.45) is 0. The van der Waals surface area contributed by atoms with Crippen molar-refractivity contribution in [1.29, 1.82) is 0 Å². The molecule has 0 aliphatic heterocycles. The molecule has 1 aromatic carbocycles. The minimum atomic E-state index is -1.16. The van der Waals surface area contributed by atoms with Crippen molar-refractivity contribution >= 4 is 29.2 Å². The van der Waals surface area contributed by atoms with E-state index in [0.29, 0.717) is 5.02 Å². The number of carboxylic acid groups (broad SMARTS) is 1. The molecule has 0 aliphatic rings. The molecule has 0 saturated heterocycles. The molecule has 1 rings (SSSR count). The van der Waals surface area contributed by atoms with Crippen LogP contribution in [0, 0.1) is 5.92 Å². The van der Waals surface area contributed by atoms with Gasteiger partial charge < -0.3 is 16.2 Å². The van der Waals surface area contributed by atoms with Crippen LogP contribution in [0.1, 0.15) is 24.2 Å². The van der Waals surface area contributed by atoms with E-state index in [9.17, 15) is 9.59 Å². The zero-order valence-corrected chi connectivity index (χ0v) is 10.9. The first-order chi connectivity index (χ1) is 8.32. The summed E-state index contributed by atoms with van der Waals surface area (Å²) >= 11 is 5.71. The Labute approximate surface area is 110 Å². The van der Waals surface area contributed by atoms with Gasteiger partial charge in [0.15, 0.2) is 0 Å².